The van der Waals surface area contributed by atoms with Crippen molar-refractivity contribution < 1.29 is 14.7 Å². The second-order valence-corrected chi connectivity index (χ2v) is 4.56. The van der Waals surface area contributed by atoms with Crippen LogP contribution in [0.2, 0.25) is 0 Å². The van der Waals surface area contributed by atoms with E-state index >= 15 is 0 Å². The summed E-state index contributed by atoms with van der Waals surface area (Å²) in [6.45, 7) is 5.76. The van der Waals surface area contributed by atoms with E-state index in [9.17, 15) is 9.59 Å². The Morgan fingerprint density at radius 2 is 2.00 bits per heavy atom. The van der Waals surface area contributed by atoms with Crippen LogP contribution < -0.4 is 0 Å². The van der Waals surface area contributed by atoms with Crippen LogP contribution in [-0.2, 0) is 4.79 Å². The van der Waals surface area contributed by atoms with E-state index in [0.29, 0.717) is 0 Å². The number of rotatable bonds is 1. The summed E-state index contributed by atoms with van der Waals surface area (Å²) in [7, 11) is 1.62. The Kier molecular flexibility index (Phi) is 2.43. The van der Waals surface area contributed by atoms with Crippen molar-refractivity contribution in [3.8, 4) is 0 Å². The van der Waals surface area contributed by atoms with E-state index in [1.807, 2.05) is 20.8 Å². The topological polar surface area (TPSA) is 60.9 Å². The van der Waals surface area contributed by atoms with Gasteiger partial charge in [0.1, 0.15) is 6.04 Å². The van der Waals surface area contributed by atoms with Crippen LogP contribution in [0.15, 0.2) is 0 Å². The molecule has 0 aromatic heterocycles. The standard InChI is InChI=1S/C9H16N2O3/c1-9(2,3)11-6(7(12)13)5-10(4)8(11)14/h6H,5H2,1-4H3,(H,12,13). The monoisotopic (exact) mass is 200 g/mol. The first-order valence-electron chi connectivity index (χ1n) is 4.52. The van der Waals surface area contributed by atoms with Crippen molar-refractivity contribution in [2.45, 2.75) is 32.4 Å². The lowest BCUT2D eigenvalue weighted by Gasteiger charge is -2.34. The average molecular weight is 200 g/mol. The third-order valence-electron chi connectivity index (χ3n) is 2.30. The van der Waals surface area contributed by atoms with E-state index in [0.717, 1.165) is 0 Å². The van der Waals surface area contributed by atoms with Crippen molar-refractivity contribution in [3.63, 3.8) is 0 Å². The van der Waals surface area contributed by atoms with Crippen LogP contribution in [0.5, 0.6) is 0 Å². The fourth-order valence-electron chi connectivity index (χ4n) is 1.68. The fraction of sp³-hybridized carbons (Fsp3) is 0.778. The Hall–Kier alpha value is -1.26. The van der Waals surface area contributed by atoms with E-state index in [4.69, 9.17) is 5.11 Å². The van der Waals surface area contributed by atoms with Gasteiger partial charge in [-0.2, -0.15) is 0 Å². The van der Waals surface area contributed by atoms with Crippen LogP contribution in [0.25, 0.3) is 0 Å². The summed E-state index contributed by atoms with van der Waals surface area (Å²) >= 11 is 0. The summed E-state index contributed by atoms with van der Waals surface area (Å²) in [6.07, 6.45) is 0. The summed E-state index contributed by atoms with van der Waals surface area (Å²) in [6, 6.07) is -0.947. The molecule has 0 aliphatic carbocycles. The molecule has 1 atom stereocenters. The van der Waals surface area contributed by atoms with Gasteiger partial charge in [-0.1, -0.05) is 0 Å². The van der Waals surface area contributed by atoms with Crippen LogP contribution in [0.1, 0.15) is 20.8 Å². The maximum absolute atomic E-state index is 11.7. The highest BCUT2D eigenvalue weighted by atomic mass is 16.4. The van der Waals surface area contributed by atoms with Crippen molar-refractivity contribution in [2.24, 2.45) is 0 Å². The van der Waals surface area contributed by atoms with Gasteiger partial charge in [0.15, 0.2) is 0 Å². The molecule has 1 N–H and O–H groups in total. The number of carbonyl (C=O) groups excluding carboxylic acids is 1. The molecule has 0 aromatic rings. The maximum Gasteiger partial charge on any atom is 0.328 e. The molecule has 80 valence electrons. The first kappa shape index (κ1) is 10.8. The summed E-state index contributed by atoms with van der Waals surface area (Å²) < 4.78 is 0. The predicted molar refractivity (Wildman–Crippen MR) is 51.0 cm³/mol. The van der Waals surface area contributed by atoms with Gasteiger partial charge in [-0.3, -0.25) is 0 Å². The van der Waals surface area contributed by atoms with E-state index in [-0.39, 0.29) is 12.6 Å². The van der Waals surface area contributed by atoms with Crippen LogP contribution in [0.4, 0.5) is 4.79 Å². The number of nitrogens with zero attached hydrogens (tertiary/aromatic N) is 2. The highest BCUT2D eigenvalue weighted by molar-refractivity contribution is 5.87. The molecule has 0 aromatic carbocycles. The highest BCUT2D eigenvalue weighted by Crippen LogP contribution is 2.24. The first-order chi connectivity index (χ1) is 6.25. The van der Waals surface area contributed by atoms with Crippen LogP contribution in [0.3, 0.4) is 0 Å². The molecule has 1 aliphatic rings. The quantitative estimate of drug-likeness (QED) is 0.674. The molecule has 1 heterocycles. The number of hydrogen-bond donors (Lipinski definition) is 1. The van der Waals surface area contributed by atoms with Gasteiger partial charge >= 0.3 is 12.0 Å². The van der Waals surface area contributed by atoms with E-state index in [2.05, 4.69) is 0 Å². The van der Waals surface area contributed by atoms with E-state index < -0.39 is 17.6 Å². The van der Waals surface area contributed by atoms with Crippen LogP contribution in [0, 0.1) is 0 Å². The minimum absolute atomic E-state index is 0.218. The van der Waals surface area contributed by atoms with Gasteiger partial charge in [0.25, 0.3) is 0 Å². The molecule has 1 fully saturated rings. The maximum atomic E-state index is 11.7. The number of carboxylic acid groups (broad SMARTS) is 1. The highest BCUT2D eigenvalue weighted by Gasteiger charge is 2.45. The number of aliphatic carboxylic acids is 1. The Labute approximate surface area is 83.3 Å². The van der Waals surface area contributed by atoms with Crippen molar-refractivity contribution in [3.05, 3.63) is 0 Å². The third kappa shape index (κ3) is 1.66. The Morgan fingerprint density at radius 3 is 2.29 bits per heavy atom. The van der Waals surface area contributed by atoms with Gasteiger partial charge in [-0.05, 0) is 20.8 Å². The van der Waals surface area contributed by atoms with Gasteiger partial charge in [0, 0.05) is 12.6 Å². The zero-order valence-electron chi connectivity index (χ0n) is 8.94. The van der Waals surface area contributed by atoms with Crippen molar-refractivity contribution in [1.29, 1.82) is 0 Å². The Morgan fingerprint density at radius 1 is 1.50 bits per heavy atom. The SMILES string of the molecule is CN1CC(C(=O)O)N(C(C)(C)C)C1=O. The predicted octanol–water partition coefficient (Wildman–Crippen LogP) is 0.605. The molecular weight excluding hydrogens is 184 g/mol. The van der Waals surface area contributed by atoms with Gasteiger partial charge in [0.2, 0.25) is 0 Å². The zero-order valence-corrected chi connectivity index (χ0v) is 8.94. The van der Waals surface area contributed by atoms with Gasteiger partial charge in [-0.15, -0.1) is 0 Å². The number of urea groups is 1. The molecule has 1 rings (SSSR count). The molecule has 1 saturated heterocycles. The fourth-order valence-corrected chi connectivity index (χ4v) is 1.68. The molecule has 0 bridgehead atoms. The summed E-state index contributed by atoms with van der Waals surface area (Å²) in [4.78, 5) is 25.4. The minimum Gasteiger partial charge on any atom is -0.480 e. The van der Waals surface area contributed by atoms with Crippen molar-refractivity contribution >= 4 is 12.0 Å². The molecule has 0 radical (unpaired) electrons. The number of hydrogen-bond acceptors (Lipinski definition) is 2. The van der Waals surface area contributed by atoms with Crippen LogP contribution >= 0.6 is 0 Å². The minimum atomic E-state index is -0.947. The number of carbonyl (C=O) groups is 2. The number of amides is 2. The third-order valence-corrected chi connectivity index (χ3v) is 2.30. The molecule has 14 heavy (non-hydrogen) atoms. The average Bonchev–Trinajstić information content (AvgIpc) is 2.27. The lowest BCUT2D eigenvalue weighted by atomic mass is 10.0. The van der Waals surface area contributed by atoms with Gasteiger partial charge in [-0.25, -0.2) is 9.59 Å². The molecule has 1 unspecified atom stereocenters. The normalized spacial score (nSPS) is 23.1. The van der Waals surface area contributed by atoms with Crippen LogP contribution in [-0.4, -0.2) is 52.1 Å². The summed E-state index contributed by atoms with van der Waals surface area (Å²) in [5, 5.41) is 8.96. The van der Waals surface area contributed by atoms with Gasteiger partial charge < -0.3 is 14.9 Å². The van der Waals surface area contributed by atoms with E-state index in [1.54, 1.807) is 7.05 Å². The number of likely N-dealkylation sites (N-methyl/N-ethyl adjacent to an activating group) is 1. The van der Waals surface area contributed by atoms with Gasteiger partial charge in [0.05, 0.1) is 6.54 Å². The molecule has 1 aliphatic heterocycles. The smallest absolute Gasteiger partial charge is 0.328 e. The molecular formula is C9H16N2O3. The summed E-state index contributed by atoms with van der Waals surface area (Å²) in [5.74, 6) is -0.947. The number of carboxylic acids is 1. The molecule has 5 nitrogen and oxygen atoms in total. The lowest BCUT2D eigenvalue weighted by molar-refractivity contribution is -0.142. The Bertz CT molecular complexity index is 270. The molecule has 0 spiro atoms. The second kappa shape index (κ2) is 3.15. The Balaban J connectivity index is 2.99. The summed E-state index contributed by atoms with van der Waals surface area (Å²) in [5.41, 5.74) is -0.453. The molecule has 5 heteroatoms. The molecule has 0 saturated carbocycles. The second-order valence-electron chi connectivity index (χ2n) is 4.56. The van der Waals surface area contributed by atoms with Crippen molar-refractivity contribution in [1.82, 2.24) is 9.80 Å². The lowest BCUT2D eigenvalue weighted by Crippen LogP contribution is -2.50. The van der Waals surface area contributed by atoms with E-state index in [1.165, 1.54) is 9.80 Å². The zero-order chi connectivity index (χ0) is 11.1. The first-order valence-corrected chi connectivity index (χ1v) is 4.52. The molecule has 2 amide bonds. The largest absolute Gasteiger partial charge is 0.480 e. The van der Waals surface area contributed by atoms with Crippen molar-refractivity contribution in [2.75, 3.05) is 13.6 Å².